The van der Waals surface area contributed by atoms with Crippen LogP contribution in [0, 0.1) is 11.3 Å². The first-order chi connectivity index (χ1) is 7.97. The monoisotopic (exact) mass is 238 g/mol. The van der Waals surface area contributed by atoms with Gasteiger partial charge in [0.2, 0.25) is 0 Å². The molecule has 2 fully saturated rings. The molecular formula is C15H30N2. The van der Waals surface area contributed by atoms with Crippen LogP contribution in [0.1, 0.15) is 65.7 Å². The van der Waals surface area contributed by atoms with Gasteiger partial charge in [0.25, 0.3) is 0 Å². The van der Waals surface area contributed by atoms with Crippen molar-refractivity contribution in [2.75, 3.05) is 6.54 Å². The van der Waals surface area contributed by atoms with Crippen molar-refractivity contribution < 1.29 is 0 Å². The lowest BCUT2D eigenvalue weighted by Gasteiger charge is -2.50. The van der Waals surface area contributed by atoms with Crippen molar-refractivity contribution in [3.05, 3.63) is 0 Å². The SMILES string of the molecule is CC1CC(C)(C)CCC1(CN)NC1CCCC1. The summed E-state index contributed by atoms with van der Waals surface area (Å²) in [5.74, 6) is 0.705. The van der Waals surface area contributed by atoms with Gasteiger partial charge in [0, 0.05) is 18.1 Å². The van der Waals surface area contributed by atoms with Crippen molar-refractivity contribution in [1.82, 2.24) is 5.32 Å². The van der Waals surface area contributed by atoms with Crippen LogP contribution in [0.5, 0.6) is 0 Å². The third kappa shape index (κ3) is 2.85. The Morgan fingerprint density at radius 1 is 1.18 bits per heavy atom. The molecule has 0 radical (unpaired) electrons. The van der Waals surface area contributed by atoms with Crippen LogP contribution in [-0.2, 0) is 0 Å². The summed E-state index contributed by atoms with van der Waals surface area (Å²) < 4.78 is 0. The van der Waals surface area contributed by atoms with Gasteiger partial charge in [-0.15, -0.1) is 0 Å². The molecule has 0 spiro atoms. The van der Waals surface area contributed by atoms with Gasteiger partial charge in [0.15, 0.2) is 0 Å². The predicted octanol–water partition coefficient (Wildman–Crippen LogP) is 3.06. The van der Waals surface area contributed by atoms with Crippen LogP contribution in [0.25, 0.3) is 0 Å². The van der Waals surface area contributed by atoms with E-state index >= 15 is 0 Å². The van der Waals surface area contributed by atoms with Gasteiger partial charge in [-0.25, -0.2) is 0 Å². The maximum absolute atomic E-state index is 6.13. The zero-order valence-corrected chi connectivity index (χ0v) is 11.9. The minimum absolute atomic E-state index is 0.227. The number of hydrogen-bond acceptors (Lipinski definition) is 2. The third-order valence-corrected chi connectivity index (χ3v) is 5.26. The molecular weight excluding hydrogens is 208 g/mol. The molecule has 0 heterocycles. The van der Waals surface area contributed by atoms with Crippen molar-refractivity contribution in [2.24, 2.45) is 17.1 Å². The molecule has 2 heteroatoms. The molecule has 0 amide bonds. The first-order valence-electron chi connectivity index (χ1n) is 7.45. The molecule has 0 aromatic carbocycles. The molecule has 2 aliphatic carbocycles. The fraction of sp³-hybridized carbons (Fsp3) is 1.00. The molecule has 2 saturated carbocycles. The lowest BCUT2D eigenvalue weighted by atomic mass is 9.63. The highest BCUT2D eigenvalue weighted by molar-refractivity contribution is 5.02. The van der Waals surface area contributed by atoms with Crippen molar-refractivity contribution in [3.8, 4) is 0 Å². The fourth-order valence-electron chi connectivity index (χ4n) is 3.99. The maximum Gasteiger partial charge on any atom is 0.0332 e. The second kappa shape index (κ2) is 4.89. The molecule has 2 unspecified atom stereocenters. The van der Waals surface area contributed by atoms with Crippen molar-refractivity contribution in [3.63, 3.8) is 0 Å². The zero-order chi connectivity index (χ0) is 12.5. The molecule has 0 aromatic rings. The normalized spacial score (nSPS) is 38.5. The van der Waals surface area contributed by atoms with Crippen LogP contribution in [0.2, 0.25) is 0 Å². The number of rotatable bonds is 3. The highest BCUT2D eigenvalue weighted by Gasteiger charge is 2.43. The zero-order valence-electron chi connectivity index (χ0n) is 11.9. The predicted molar refractivity (Wildman–Crippen MR) is 74.0 cm³/mol. The summed E-state index contributed by atoms with van der Waals surface area (Å²) >= 11 is 0. The van der Waals surface area contributed by atoms with E-state index in [2.05, 4.69) is 26.1 Å². The minimum Gasteiger partial charge on any atom is -0.329 e. The molecule has 0 aliphatic heterocycles. The molecule has 2 atom stereocenters. The van der Waals surface area contributed by atoms with E-state index in [1.807, 2.05) is 0 Å². The highest BCUT2D eigenvalue weighted by Crippen LogP contribution is 2.44. The summed E-state index contributed by atoms with van der Waals surface area (Å²) in [5, 5.41) is 3.94. The van der Waals surface area contributed by atoms with Gasteiger partial charge in [-0.2, -0.15) is 0 Å². The fourth-order valence-corrected chi connectivity index (χ4v) is 3.99. The largest absolute Gasteiger partial charge is 0.329 e. The minimum atomic E-state index is 0.227. The third-order valence-electron chi connectivity index (χ3n) is 5.26. The molecule has 2 aliphatic rings. The summed E-state index contributed by atoms with van der Waals surface area (Å²) in [6.45, 7) is 8.01. The van der Waals surface area contributed by atoms with E-state index in [-0.39, 0.29) is 5.54 Å². The van der Waals surface area contributed by atoms with E-state index in [9.17, 15) is 0 Å². The Kier molecular flexibility index (Phi) is 3.84. The second-order valence-corrected chi connectivity index (χ2v) is 7.26. The summed E-state index contributed by atoms with van der Waals surface area (Å²) in [6, 6.07) is 0.738. The molecule has 0 bridgehead atoms. The molecule has 2 rings (SSSR count). The number of nitrogens with one attached hydrogen (secondary N) is 1. The molecule has 2 nitrogen and oxygen atoms in total. The van der Waals surface area contributed by atoms with Gasteiger partial charge in [-0.05, 0) is 43.4 Å². The van der Waals surface area contributed by atoms with Crippen LogP contribution in [-0.4, -0.2) is 18.1 Å². The molecule has 0 aromatic heterocycles. The maximum atomic E-state index is 6.13. The van der Waals surface area contributed by atoms with Crippen molar-refractivity contribution >= 4 is 0 Å². The quantitative estimate of drug-likeness (QED) is 0.793. The van der Waals surface area contributed by atoms with E-state index in [0.717, 1.165) is 12.6 Å². The number of hydrogen-bond donors (Lipinski definition) is 2. The average molecular weight is 238 g/mol. The van der Waals surface area contributed by atoms with Crippen LogP contribution < -0.4 is 11.1 Å². The topological polar surface area (TPSA) is 38.0 Å². The molecule has 0 saturated heterocycles. The van der Waals surface area contributed by atoms with Gasteiger partial charge in [-0.3, -0.25) is 0 Å². The van der Waals surface area contributed by atoms with Gasteiger partial charge < -0.3 is 11.1 Å². The lowest BCUT2D eigenvalue weighted by Crippen LogP contribution is -2.61. The molecule has 100 valence electrons. The van der Waals surface area contributed by atoms with Gasteiger partial charge in [-0.1, -0.05) is 33.6 Å². The molecule has 3 N–H and O–H groups in total. The van der Waals surface area contributed by atoms with Crippen molar-refractivity contribution in [2.45, 2.75) is 77.3 Å². The average Bonchev–Trinajstić information content (AvgIpc) is 2.74. The van der Waals surface area contributed by atoms with E-state index in [4.69, 9.17) is 5.73 Å². The molecule has 17 heavy (non-hydrogen) atoms. The Hall–Kier alpha value is -0.0800. The Morgan fingerprint density at radius 2 is 1.82 bits per heavy atom. The smallest absolute Gasteiger partial charge is 0.0332 e. The summed E-state index contributed by atoms with van der Waals surface area (Å²) in [7, 11) is 0. The Morgan fingerprint density at radius 3 is 2.35 bits per heavy atom. The van der Waals surface area contributed by atoms with Crippen LogP contribution in [0.4, 0.5) is 0 Å². The summed E-state index contributed by atoms with van der Waals surface area (Å²) in [5.41, 5.74) is 6.87. The van der Waals surface area contributed by atoms with E-state index in [0.29, 0.717) is 11.3 Å². The van der Waals surface area contributed by atoms with Crippen LogP contribution >= 0.6 is 0 Å². The highest BCUT2D eigenvalue weighted by atomic mass is 15.0. The Bertz CT molecular complexity index is 256. The summed E-state index contributed by atoms with van der Waals surface area (Å²) in [4.78, 5) is 0. The van der Waals surface area contributed by atoms with E-state index in [1.54, 1.807) is 0 Å². The Balaban J connectivity index is 2.03. The standard InChI is InChI=1S/C15H30N2/c1-12-10-14(2,3)8-9-15(12,11-16)17-13-6-4-5-7-13/h12-13,17H,4-11,16H2,1-3H3. The second-order valence-electron chi connectivity index (χ2n) is 7.26. The van der Waals surface area contributed by atoms with Gasteiger partial charge in [0.1, 0.15) is 0 Å². The lowest BCUT2D eigenvalue weighted by molar-refractivity contribution is 0.0700. The number of nitrogens with two attached hydrogens (primary N) is 1. The van der Waals surface area contributed by atoms with Crippen LogP contribution in [0.3, 0.4) is 0 Å². The van der Waals surface area contributed by atoms with E-state index < -0.39 is 0 Å². The van der Waals surface area contributed by atoms with Crippen LogP contribution in [0.15, 0.2) is 0 Å². The first-order valence-corrected chi connectivity index (χ1v) is 7.45. The van der Waals surface area contributed by atoms with Gasteiger partial charge >= 0.3 is 0 Å². The Labute approximate surface area is 107 Å². The first kappa shape index (κ1) is 13.4. The van der Waals surface area contributed by atoms with Crippen molar-refractivity contribution in [1.29, 1.82) is 0 Å². The van der Waals surface area contributed by atoms with Gasteiger partial charge in [0.05, 0.1) is 0 Å². The summed E-state index contributed by atoms with van der Waals surface area (Å²) in [6.07, 6.45) is 9.40. The van der Waals surface area contributed by atoms with E-state index in [1.165, 1.54) is 44.9 Å².